The summed E-state index contributed by atoms with van der Waals surface area (Å²) in [5.74, 6) is -0.605. The number of halogens is 1. The molecule has 0 aliphatic heterocycles. The van der Waals surface area contributed by atoms with Crippen LogP contribution in [-0.4, -0.2) is 18.0 Å². The number of rotatable bonds is 3. The molecule has 0 atom stereocenters. The molecule has 1 fully saturated rings. The van der Waals surface area contributed by atoms with Gasteiger partial charge in [-0.3, -0.25) is 4.79 Å². The van der Waals surface area contributed by atoms with Gasteiger partial charge in [-0.25, -0.2) is 4.39 Å². The van der Waals surface area contributed by atoms with Crippen molar-refractivity contribution in [1.29, 1.82) is 0 Å². The normalized spacial score (nSPS) is 16.9. The Kier molecular flexibility index (Phi) is 2.68. The highest BCUT2D eigenvalue weighted by Gasteiger charge is 2.42. The predicted octanol–water partition coefficient (Wildman–Crippen LogP) is 1.36. The van der Waals surface area contributed by atoms with E-state index in [-0.39, 0.29) is 17.3 Å². The minimum atomic E-state index is -0.356. The van der Waals surface area contributed by atoms with Gasteiger partial charge in [-0.1, -0.05) is 6.07 Å². The van der Waals surface area contributed by atoms with Gasteiger partial charge in [-0.15, -0.1) is 0 Å². The third kappa shape index (κ3) is 2.07. The molecule has 16 heavy (non-hydrogen) atoms. The number of carbonyl (C=O) groups is 1. The second-order valence-electron chi connectivity index (χ2n) is 4.40. The molecule has 0 aromatic heterocycles. The summed E-state index contributed by atoms with van der Waals surface area (Å²) in [6.45, 7) is 2.10. The van der Waals surface area contributed by atoms with Crippen LogP contribution in [0.15, 0.2) is 18.2 Å². The van der Waals surface area contributed by atoms with E-state index in [1.165, 1.54) is 6.07 Å². The molecular formula is C12H15FN2O. The molecule has 0 saturated heterocycles. The van der Waals surface area contributed by atoms with Crippen molar-refractivity contribution >= 4 is 5.91 Å². The van der Waals surface area contributed by atoms with Crippen LogP contribution in [0.1, 0.15) is 28.8 Å². The summed E-state index contributed by atoms with van der Waals surface area (Å²) in [7, 11) is 0. The largest absolute Gasteiger partial charge is 0.345 e. The first-order valence-electron chi connectivity index (χ1n) is 5.35. The van der Waals surface area contributed by atoms with Crippen LogP contribution < -0.4 is 11.1 Å². The maximum atomic E-state index is 13.3. The zero-order valence-electron chi connectivity index (χ0n) is 9.22. The Labute approximate surface area is 93.8 Å². The average Bonchev–Trinajstić information content (AvgIpc) is 3.02. The van der Waals surface area contributed by atoms with Crippen LogP contribution >= 0.6 is 0 Å². The zero-order chi connectivity index (χ0) is 11.8. The van der Waals surface area contributed by atoms with Crippen molar-refractivity contribution in [3.8, 4) is 0 Å². The summed E-state index contributed by atoms with van der Waals surface area (Å²) >= 11 is 0. The Morgan fingerprint density at radius 3 is 2.75 bits per heavy atom. The van der Waals surface area contributed by atoms with Gasteiger partial charge in [0.25, 0.3) is 5.91 Å². The fraction of sp³-hybridized carbons (Fsp3) is 0.417. The van der Waals surface area contributed by atoms with Gasteiger partial charge in [0, 0.05) is 12.1 Å². The first-order chi connectivity index (χ1) is 7.56. The first-order valence-corrected chi connectivity index (χ1v) is 5.35. The molecule has 0 spiro atoms. The number of carbonyl (C=O) groups excluding carboxylic acids is 1. The molecule has 0 heterocycles. The van der Waals surface area contributed by atoms with Crippen LogP contribution in [-0.2, 0) is 0 Å². The second kappa shape index (κ2) is 3.87. The molecule has 1 aromatic rings. The minimum absolute atomic E-state index is 0.238. The summed E-state index contributed by atoms with van der Waals surface area (Å²) in [5.41, 5.74) is 6.21. The van der Waals surface area contributed by atoms with Crippen molar-refractivity contribution < 1.29 is 9.18 Å². The quantitative estimate of drug-likeness (QED) is 0.811. The van der Waals surface area contributed by atoms with Gasteiger partial charge in [0.05, 0.1) is 5.54 Å². The lowest BCUT2D eigenvalue weighted by Gasteiger charge is -2.14. The van der Waals surface area contributed by atoms with Crippen LogP contribution in [0.25, 0.3) is 0 Å². The maximum absolute atomic E-state index is 13.3. The Bertz CT molecular complexity index is 427. The topological polar surface area (TPSA) is 55.1 Å². The lowest BCUT2D eigenvalue weighted by molar-refractivity contribution is 0.0932. The van der Waals surface area contributed by atoms with Crippen molar-refractivity contribution in [3.05, 3.63) is 35.1 Å². The fourth-order valence-electron chi connectivity index (χ4n) is 1.58. The highest BCUT2D eigenvalue weighted by atomic mass is 19.1. The Hall–Kier alpha value is -1.42. The number of nitrogens with one attached hydrogen (secondary N) is 1. The van der Waals surface area contributed by atoms with Crippen LogP contribution in [0, 0.1) is 12.7 Å². The van der Waals surface area contributed by atoms with Crippen LogP contribution in [0.2, 0.25) is 0 Å². The van der Waals surface area contributed by atoms with E-state index in [0.29, 0.717) is 17.7 Å². The van der Waals surface area contributed by atoms with E-state index in [1.807, 2.05) is 0 Å². The van der Waals surface area contributed by atoms with Crippen molar-refractivity contribution in [2.45, 2.75) is 25.3 Å². The molecule has 3 N–H and O–H groups in total. The van der Waals surface area contributed by atoms with Gasteiger partial charge in [-0.2, -0.15) is 0 Å². The summed E-state index contributed by atoms with van der Waals surface area (Å²) in [4.78, 5) is 11.8. The molecule has 1 aliphatic rings. The van der Waals surface area contributed by atoms with Crippen LogP contribution in [0.5, 0.6) is 0 Å². The standard InChI is InChI=1S/C12H15FN2O/c1-8-2-3-9(6-10(8)13)11(16)15-12(7-14)4-5-12/h2-3,6H,4-5,7,14H2,1H3,(H,15,16). The molecule has 0 unspecified atom stereocenters. The number of aryl methyl sites for hydroxylation is 1. The Morgan fingerprint density at radius 1 is 1.56 bits per heavy atom. The number of hydrogen-bond donors (Lipinski definition) is 2. The van der Waals surface area contributed by atoms with E-state index in [1.54, 1.807) is 19.1 Å². The van der Waals surface area contributed by atoms with Crippen molar-refractivity contribution in [3.63, 3.8) is 0 Å². The molecule has 1 amide bonds. The van der Waals surface area contributed by atoms with Gasteiger partial charge < -0.3 is 11.1 Å². The van der Waals surface area contributed by atoms with Crippen LogP contribution in [0.3, 0.4) is 0 Å². The van der Waals surface area contributed by atoms with Crippen molar-refractivity contribution in [2.24, 2.45) is 5.73 Å². The molecule has 1 aliphatic carbocycles. The molecule has 3 nitrogen and oxygen atoms in total. The number of amides is 1. The molecule has 4 heteroatoms. The van der Waals surface area contributed by atoms with E-state index in [2.05, 4.69) is 5.32 Å². The fourth-order valence-corrected chi connectivity index (χ4v) is 1.58. The molecule has 0 bridgehead atoms. The third-order valence-corrected chi connectivity index (χ3v) is 3.06. The highest BCUT2D eigenvalue weighted by molar-refractivity contribution is 5.95. The molecular weight excluding hydrogens is 207 g/mol. The monoisotopic (exact) mass is 222 g/mol. The van der Waals surface area contributed by atoms with Gasteiger partial charge in [-0.05, 0) is 37.5 Å². The minimum Gasteiger partial charge on any atom is -0.345 e. The Morgan fingerprint density at radius 2 is 2.25 bits per heavy atom. The summed E-state index contributed by atoms with van der Waals surface area (Å²) < 4.78 is 13.3. The molecule has 1 saturated carbocycles. The number of benzene rings is 1. The second-order valence-corrected chi connectivity index (χ2v) is 4.40. The first kappa shape index (κ1) is 11.1. The third-order valence-electron chi connectivity index (χ3n) is 3.06. The van der Waals surface area contributed by atoms with E-state index in [4.69, 9.17) is 5.73 Å². The van der Waals surface area contributed by atoms with E-state index in [9.17, 15) is 9.18 Å². The predicted molar refractivity (Wildman–Crippen MR) is 59.6 cm³/mol. The number of nitrogens with two attached hydrogens (primary N) is 1. The van der Waals surface area contributed by atoms with Crippen molar-refractivity contribution in [2.75, 3.05) is 6.54 Å². The number of hydrogen-bond acceptors (Lipinski definition) is 2. The van der Waals surface area contributed by atoms with Crippen molar-refractivity contribution in [1.82, 2.24) is 5.32 Å². The van der Waals surface area contributed by atoms with Gasteiger partial charge in [0.1, 0.15) is 5.82 Å². The van der Waals surface area contributed by atoms with Crippen LogP contribution in [0.4, 0.5) is 4.39 Å². The Balaban J connectivity index is 2.12. The van der Waals surface area contributed by atoms with E-state index in [0.717, 1.165) is 12.8 Å². The van der Waals surface area contributed by atoms with Gasteiger partial charge in [0.15, 0.2) is 0 Å². The lowest BCUT2D eigenvalue weighted by Crippen LogP contribution is -2.42. The smallest absolute Gasteiger partial charge is 0.251 e. The SMILES string of the molecule is Cc1ccc(C(=O)NC2(CN)CC2)cc1F. The van der Waals surface area contributed by atoms with Gasteiger partial charge >= 0.3 is 0 Å². The summed E-state index contributed by atoms with van der Waals surface area (Å²) in [6, 6.07) is 4.49. The average molecular weight is 222 g/mol. The zero-order valence-corrected chi connectivity index (χ0v) is 9.22. The molecule has 0 radical (unpaired) electrons. The summed E-state index contributed by atoms with van der Waals surface area (Å²) in [5, 5.41) is 2.85. The highest BCUT2D eigenvalue weighted by Crippen LogP contribution is 2.34. The lowest BCUT2D eigenvalue weighted by atomic mass is 10.1. The molecule has 2 rings (SSSR count). The molecule has 1 aromatic carbocycles. The van der Waals surface area contributed by atoms with E-state index < -0.39 is 0 Å². The summed E-state index contributed by atoms with van der Waals surface area (Å²) in [6.07, 6.45) is 1.81. The molecule has 86 valence electrons. The van der Waals surface area contributed by atoms with Gasteiger partial charge in [0.2, 0.25) is 0 Å². The maximum Gasteiger partial charge on any atom is 0.251 e. The van der Waals surface area contributed by atoms with E-state index >= 15 is 0 Å².